The largest absolute Gasteiger partial charge is 0.388 e. The number of carbonyl (C=O) groups is 1. The van der Waals surface area contributed by atoms with E-state index in [1.165, 1.54) is 0 Å². The maximum Gasteiger partial charge on any atom is 0.230 e. The minimum Gasteiger partial charge on any atom is -0.388 e. The van der Waals surface area contributed by atoms with E-state index in [4.69, 9.17) is 9.85 Å². The van der Waals surface area contributed by atoms with Crippen LogP contribution in [0.15, 0.2) is 60.0 Å². The van der Waals surface area contributed by atoms with E-state index in [2.05, 4.69) is 10.3 Å². The third-order valence-corrected chi connectivity index (χ3v) is 4.82. The highest BCUT2D eigenvalue weighted by atomic mass is 32.1. The van der Waals surface area contributed by atoms with Crippen LogP contribution in [0.25, 0.3) is 0 Å². The predicted molar refractivity (Wildman–Crippen MR) is 114 cm³/mol. The number of carbonyl (C=O) groups excluding carboxylic acids is 1. The molecule has 6 heteroatoms. The lowest BCUT2D eigenvalue weighted by Crippen LogP contribution is -2.14. The van der Waals surface area contributed by atoms with Gasteiger partial charge in [0.15, 0.2) is 5.13 Å². The molecule has 3 aromatic rings. The number of nitrogens with zero attached hydrogens (tertiary/aromatic N) is 1. The Bertz CT molecular complexity index is 1010. The molecule has 2 aromatic carbocycles. The van der Waals surface area contributed by atoms with E-state index in [0.717, 1.165) is 16.9 Å². The van der Waals surface area contributed by atoms with E-state index in [1.54, 1.807) is 24.3 Å². The van der Waals surface area contributed by atoms with E-state index >= 15 is 0 Å². The SMILES string of the molecule is [2H]c1sc(N)nc1CC(=O)Nc1ccc(C([2H])([2H])CCC[C@H](O)c2ccccc2)cc1. The summed E-state index contributed by atoms with van der Waals surface area (Å²) >= 11 is 1.02. The van der Waals surface area contributed by atoms with Crippen molar-refractivity contribution in [2.24, 2.45) is 0 Å². The molecule has 1 atom stereocenters. The molecule has 1 aromatic heterocycles. The first kappa shape index (κ1) is 16.3. The van der Waals surface area contributed by atoms with Gasteiger partial charge in [-0.1, -0.05) is 48.9 Å². The van der Waals surface area contributed by atoms with Gasteiger partial charge in [0.1, 0.15) is 0 Å². The van der Waals surface area contributed by atoms with Crippen LogP contribution in [0.5, 0.6) is 0 Å². The highest BCUT2D eigenvalue weighted by Gasteiger charge is 2.08. The molecule has 0 fully saturated rings. The van der Waals surface area contributed by atoms with Crippen LogP contribution < -0.4 is 11.1 Å². The number of thiazole rings is 1. The number of aliphatic hydroxyl groups excluding tert-OH is 1. The van der Waals surface area contributed by atoms with E-state index in [0.29, 0.717) is 29.8 Å². The van der Waals surface area contributed by atoms with Crippen molar-refractivity contribution < 1.29 is 14.0 Å². The van der Waals surface area contributed by atoms with Crippen molar-refractivity contribution in [1.29, 1.82) is 0 Å². The summed E-state index contributed by atoms with van der Waals surface area (Å²) in [4.78, 5) is 16.2. The van der Waals surface area contributed by atoms with Crippen LogP contribution >= 0.6 is 11.3 Å². The number of hydrogen-bond acceptors (Lipinski definition) is 5. The molecule has 4 N–H and O–H groups in total. The van der Waals surface area contributed by atoms with Gasteiger partial charge in [-0.2, -0.15) is 0 Å². The van der Waals surface area contributed by atoms with E-state index in [-0.39, 0.29) is 29.2 Å². The lowest BCUT2D eigenvalue weighted by Gasteiger charge is -2.10. The minimum atomic E-state index is -1.54. The zero-order valence-corrected chi connectivity index (χ0v) is 16.2. The van der Waals surface area contributed by atoms with E-state index < -0.39 is 12.5 Å². The summed E-state index contributed by atoms with van der Waals surface area (Å²) in [6.45, 7) is 0. The van der Waals surface area contributed by atoms with Crippen molar-refractivity contribution in [1.82, 2.24) is 4.98 Å². The van der Waals surface area contributed by atoms with E-state index in [9.17, 15) is 9.90 Å². The average molecular weight is 399 g/mol. The Labute approximate surface area is 173 Å². The fourth-order valence-corrected chi connectivity index (χ4v) is 3.26. The Morgan fingerprint density at radius 2 is 1.96 bits per heavy atom. The number of nitrogen functional groups attached to an aromatic ring is 1. The van der Waals surface area contributed by atoms with Crippen LogP contribution in [-0.2, 0) is 17.6 Å². The first-order valence-electron chi connectivity index (χ1n) is 10.6. The number of aromatic nitrogens is 1. The molecule has 0 radical (unpaired) electrons. The van der Waals surface area contributed by atoms with Gasteiger partial charge in [0.25, 0.3) is 0 Å². The number of aliphatic hydroxyl groups is 1. The zero-order valence-electron chi connectivity index (χ0n) is 18.4. The van der Waals surface area contributed by atoms with Crippen LogP contribution in [0.2, 0.25) is 0 Å². The minimum absolute atomic E-state index is 0.0428. The number of benzene rings is 2. The lowest BCUT2D eigenvalue weighted by atomic mass is 10.0. The molecular weight excluding hydrogens is 370 g/mol. The van der Waals surface area contributed by atoms with Crippen LogP contribution in [0.4, 0.5) is 10.8 Å². The number of rotatable bonds is 9. The van der Waals surface area contributed by atoms with Crippen molar-refractivity contribution in [2.45, 2.75) is 38.2 Å². The first-order chi connectivity index (χ1) is 14.7. The highest BCUT2D eigenvalue weighted by Crippen LogP contribution is 2.20. The molecule has 0 spiro atoms. The molecule has 0 aliphatic carbocycles. The quantitative estimate of drug-likeness (QED) is 0.500. The number of anilines is 2. The summed E-state index contributed by atoms with van der Waals surface area (Å²) in [5.41, 5.74) is 7.78. The summed E-state index contributed by atoms with van der Waals surface area (Å²) in [5.74, 6) is -0.315. The average Bonchev–Trinajstić information content (AvgIpc) is 3.05. The van der Waals surface area contributed by atoms with Gasteiger partial charge in [0, 0.05) is 13.8 Å². The summed E-state index contributed by atoms with van der Waals surface area (Å²) < 4.78 is 24.5. The number of nitrogens with one attached hydrogen (secondary N) is 1. The second-order valence-electron chi connectivity index (χ2n) is 6.40. The Hall–Kier alpha value is -2.70. The Balaban J connectivity index is 1.52. The van der Waals surface area contributed by atoms with E-state index in [1.807, 2.05) is 30.3 Å². The van der Waals surface area contributed by atoms with Gasteiger partial charge in [-0.25, -0.2) is 4.98 Å². The van der Waals surface area contributed by atoms with Crippen LogP contribution in [-0.4, -0.2) is 16.0 Å². The van der Waals surface area contributed by atoms with Gasteiger partial charge >= 0.3 is 0 Å². The van der Waals surface area contributed by atoms with Crippen molar-refractivity contribution in [3.63, 3.8) is 0 Å². The maximum atomic E-state index is 12.2. The van der Waals surface area contributed by atoms with Gasteiger partial charge in [-0.05, 0) is 42.5 Å². The van der Waals surface area contributed by atoms with Gasteiger partial charge in [-0.15, -0.1) is 11.3 Å². The summed E-state index contributed by atoms with van der Waals surface area (Å²) in [6.07, 6.45) is -0.896. The molecule has 1 amide bonds. The second kappa shape index (κ2) is 10.0. The monoisotopic (exact) mass is 398 g/mol. The molecule has 1 heterocycles. The molecule has 0 saturated heterocycles. The fourth-order valence-electron chi connectivity index (χ4n) is 2.76. The lowest BCUT2D eigenvalue weighted by molar-refractivity contribution is -0.115. The second-order valence-corrected chi connectivity index (χ2v) is 7.23. The molecule has 28 heavy (non-hydrogen) atoms. The third kappa shape index (κ3) is 6.18. The summed E-state index contributed by atoms with van der Waals surface area (Å²) in [5, 5.41) is 13.4. The van der Waals surface area contributed by atoms with Crippen LogP contribution in [0, 0.1) is 0 Å². The normalized spacial score (nSPS) is 14.0. The highest BCUT2D eigenvalue weighted by molar-refractivity contribution is 7.13. The van der Waals surface area contributed by atoms with Crippen molar-refractivity contribution in [3.05, 3.63) is 76.8 Å². The van der Waals surface area contributed by atoms with Gasteiger partial charge in [0.05, 0.1) is 19.6 Å². The number of nitrogens with two attached hydrogens (primary N) is 1. The molecule has 0 saturated carbocycles. The summed E-state index contributed by atoms with van der Waals surface area (Å²) in [7, 11) is 0. The Morgan fingerprint density at radius 3 is 2.64 bits per heavy atom. The fraction of sp³-hybridized carbons (Fsp3) is 0.273. The van der Waals surface area contributed by atoms with Crippen molar-refractivity contribution in [3.8, 4) is 0 Å². The smallest absolute Gasteiger partial charge is 0.230 e. The summed E-state index contributed by atoms with van der Waals surface area (Å²) in [6, 6.07) is 16.0. The Morgan fingerprint density at radius 1 is 1.21 bits per heavy atom. The molecule has 0 aliphatic rings. The van der Waals surface area contributed by atoms with Gasteiger partial charge in [0.2, 0.25) is 5.91 Å². The molecule has 0 unspecified atom stereocenters. The first-order valence-corrected chi connectivity index (χ1v) is 9.91. The van der Waals surface area contributed by atoms with Crippen LogP contribution in [0.3, 0.4) is 0 Å². The molecular formula is C22H25N3O2S. The standard InChI is InChI=1S/C22H25N3O2S/c23-22-25-19(15-28-22)14-21(27)24-18-12-10-16(11-13-18)6-4-5-9-20(26)17-7-2-1-3-8-17/h1-3,7-8,10-13,15,20,26H,4-6,9,14H2,(H2,23,25)(H,24,27)/t20-/m0/s1/i6D2,15D. The third-order valence-electron chi connectivity index (χ3n) is 4.18. The molecule has 0 bridgehead atoms. The number of aryl methyl sites for hydroxylation is 1. The zero-order chi connectivity index (χ0) is 22.4. The number of hydrogen-bond donors (Lipinski definition) is 3. The van der Waals surface area contributed by atoms with Crippen molar-refractivity contribution >= 4 is 28.1 Å². The number of amides is 1. The maximum absolute atomic E-state index is 12.2. The molecule has 146 valence electrons. The van der Waals surface area contributed by atoms with Gasteiger partial charge in [-0.3, -0.25) is 4.79 Å². The topological polar surface area (TPSA) is 88.2 Å². The van der Waals surface area contributed by atoms with Gasteiger partial charge < -0.3 is 16.2 Å². The Kier molecular flexibility index (Phi) is 5.82. The van der Waals surface area contributed by atoms with Crippen LogP contribution in [0.1, 0.15) is 46.3 Å². The molecule has 3 rings (SSSR count). The molecule has 0 aliphatic heterocycles. The predicted octanol–water partition coefficient (Wildman–Crippen LogP) is 4.35. The molecule has 5 nitrogen and oxygen atoms in total. The van der Waals surface area contributed by atoms with Crippen molar-refractivity contribution in [2.75, 3.05) is 11.1 Å².